The van der Waals surface area contributed by atoms with Gasteiger partial charge in [0.05, 0.1) is 18.8 Å². The third-order valence-corrected chi connectivity index (χ3v) is 3.69. The highest BCUT2D eigenvalue weighted by molar-refractivity contribution is 5.13. The smallest absolute Gasteiger partial charge is 0.0756 e. The van der Waals surface area contributed by atoms with Gasteiger partial charge in [0.15, 0.2) is 0 Å². The predicted molar refractivity (Wildman–Crippen MR) is 76.5 cm³/mol. The van der Waals surface area contributed by atoms with Crippen molar-refractivity contribution in [3.63, 3.8) is 0 Å². The fraction of sp³-hybridized carbons (Fsp3) is 0.529. The van der Waals surface area contributed by atoms with Gasteiger partial charge in [0, 0.05) is 12.3 Å². The summed E-state index contributed by atoms with van der Waals surface area (Å²) in [6, 6.07) is 10.1. The monoisotopic (exact) mass is 258 g/mol. The van der Waals surface area contributed by atoms with E-state index in [-0.39, 0.29) is 5.92 Å². The highest BCUT2D eigenvalue weighted by Gasteiger charge is 2.35. The van der Waals surface area contributed by atoms with E-state index in [1.54, 1.807) is 0 Å². The molecule has 0 bridgehead atoms. The van der Waals surface area contributed by atoms with Crippen LogP contribution in [0.15, 0.2) is 30.3 Å². The Bertz CT molecular complexity index is 439. The van der Waals surface area contributed by atoms with Gasteiger partial charge >= 0.3 is 0 Å². The van der Waals surface area contributed by atoms with E-state index in [0.29, 0.717) is 13.2 Å². The van der Waals surface area contributed by atoms with Crippen molar-refractivity contribution in [2.75, 3.05) is 6.61 Å². The minimum atomic E-state index is -0.585. The third kappa shape index (κ3) is 4.38. The van der Waals surface area contributed by atoms with Crippen LogP contribution in [-0.4, -0.2) is 17.3 Å². The minimum Gasteiger partial charge on any atom is -0.389 e. The summed E-state index contributed by atoms with van der Waals surface area (Å²) < 4.78 is 5.57. The van der Waals surface area contributed by atoms with Gasteiger partial charge in [0.25, 0.3) is 0 Å². The quantitative estimate of drug-likeness (QED) is 0.664. The maximum atomic E-state index is 10.1. The number of benzene rings is 1. The first-order valence-corrected chi connectivity index (χ1v) is 7.01. The van der Waals surface area contributed by atoms with E-state index in [0.717, 1.165) is 25.7 Å². The third-order valence-electron chi connectivity index (χ3n) is 3.69. The lowest BCUT2D eigenvalue weighted by molar-refractivity contribution is 0.0421. The predicted octanol–water partition coefficient (Wildman–Crippen LogP) is 3.15. The van der Waals surface area contributed by atoms with Gasteiger partial charge in [-0.25, -0.2) is 0 Å². The van der Waals surface area contributed by atoms with Crippen molar-refractivity contribution in [1.29, 1.82) is 0 Å². The molecule has 0 aromatic heterocycles. The molecule has 0 spiro atoms. The molecular weight excluding hydrogens is 236 g/mol. The van der Waals surface area contributed by atoms with Gasteiger partial charge in [0.1, 0.15) is 0 Å². The van der Waals surface area contributed by atoms with E-state index < -0.39 is 5.60 Å². The Kier molecular flexibility index (Phi) is 5.01. The topological polar surface area (TPSA) is 29.5 Å². The molecule has 102 valence electrons. The van der Waals surface area contributed by atoms with Crippen LogP contribution in [0.25, 0.3) is 0 Å². The molecule has 1 fully saturated rings. The van der Waals surface area contributed by atoms with Crippen molar-refractivity contribution in [2.24, 2.45) is 5.92 Å². The van der Waals surface area contributed by atoms with Crippen molar-refractivity contribution < 1.29 is 9.84 Å². The van der Waals surface area contributed by atoms with E-state index in [9.17, 15) is 5.11 Å². The Labute approximate surface area is 115 Å². The Morgan fingerprint density at radius 3 is 2.84 bits per heavy atom. The van der Waals surface area contributed by atoms with Crippen molar-refractivity contribution in [3.8, 4) is 11.8 Å². The number of hydrogen-bond acceptors (Lipinski definition) is 2. The summed E-state index contributed by atoms with van der Waals surface area (Å²) in [5.41, 5.74) is 0.604. The molecule has 0 aliphatic heterocycles. The first-order chi connectivity index (χ1) is 9.18. The molecular formula is C17H22O2. The molecule has 2 rings (SSSR count). The van der Waals surface area contributed by atoms with Crippen molar-refractivity contribution >= 4 is 0 Å². The fourth-order valence-electron chi connectivity index (χ4n) is 2.46. The first-order valence-electron chi connectivity index (χ1n) is 7.01. The molecule has 0 radical (unpaired) electrons. The SMILES string of the molecule is C[C@]1(O)CCC[C@H]1C#CCCOCc1ccccc1. The van der Waals surface area contributed by atoms with Crippen LogP contribution in [0, 0.1) is 17.8 Å². The number of ether oxygens (including phenoxy) is 1. The highest BCUT2D eigenvalue weighted by Crippen LogP contribution is 2.34. The van der Waals surface area contributed by atoms with Gasteiger partial charge < -0.3 is 9.84 Å². The lowest BCUT2D eigenvalue weighted by atomic mass is 9.93. The van der Waals surface area contributed by atoms with Crippen molar-refractivity contribution in [1.82, 2.24) is 0 Å². The van der Waals surface area contributed by atoms with Crippen molar-refractivity contribution in [3.05, 3.63) is 35.9 Å². The van der Waals surface area contributed by atoms with Gasteiger partial charge in [-0.05, 0) is 31.7 Å². The molecule has 2 nitrogen and oxygen atoms in total. The second-order valence-corrected chi connectivity index (χ2v) is 5.41. The highest BCUT2D eigenvalue weighted by atomic mass is 16.5. The molecule has 19 heavy (non-hydrogen) atoms. The Morgan fingerprint density at radius 2 is 2.16 bits per heavy atom. The lowest BCUT2D eigenvalue weighted by Crippen LogP contribution is -2.27. The Hall–Kier alpha value is -1.30. The zero-order chi connectivity index (χ0) is 13.6. The van der Waals surface area contributed by atoms with Crippen LogP contribution in [-0.2, 0) is 11.3 Å². The van der Waals surface area contributed by atoms with E-state index in [1.165, 1.54) is 5.56 Å². The van der Waals surface area contributed by atoms with Crippen LogP contribution in [0.2, 0.25) is 0 Å². The average molecular weight is 258 g/mol. The molecule has 1 aromatic rings. The van der Waals surface area contributed by atoms with Crippen LogP contribution < -0.4 is 0 Å². The largest absolute Gasteiger partial charge is 0.389 e. The van der Waals surface area contributed by atoms with E-state index in [4.69, 9.17) is 4.74 Å². The van der Waals surface area contributed by atoms with Crippen LogP contribution in [0.3, 0.4) is 0 Å². The van der Waals surface area contributed by atoms with Crippen LogP contribution >= 0.6 is 0 Å². The summed E-state index contributed by atoms with van der Waals surface area (Å²) in [5.74, 6) is 6.47. The fourth-order valence-corrected chi connectivity index (χ4v) is 2.46. The van der Waals surface area contributed by atoms with Crippen LogP contribution in [0.1, 0.15) is 38.2 Å². The zero-order valence-electron chi connectivity index (χ0n) is 11.6. The summed E-state index contributed by atoms with van der Waals surface area (Å²) in [4.78, 5) is 0. The molecule has 0 amide bonds. The number of aliphatic hydroxyl groups is 1. The van der Waals surface area contributed by atoms with Gasteiger partial charge in [0.2, 0.25) is 0 Å². The summed E-state index contributed by atoms with van der Waals surface area (Å²) in [5, 5.41) is 10.1. The number of rotatable bonds is 4. The maximum absolute atomic E-state index is 10.1. The molecule has 1 N–H and O–H groups in total. The Balaban J connectivity index is 1.65. The molecule has 0 heterocycles. The lowest BCUT2D eigenvalue weighted by Gasteiger charge is -2.20. The standard InChI is InChI=1S/C17H22O2/c1-17(18)12-7-11-16(17)10-5-6-13-19-14-15-8-3-2-4-9-15/h2-4,8-9,16,18H,6-7,11-14H2,1H3/t16-,17+/m1/s1. The van der Waals surface area contributed by atoms with E-state index >= 15 is 0 Å². The maximum Gasteiger partial charge on any atom is 0.0756 e. The summed E-state index contributed by atoms with van der Waals surface area (Å²) in [6.45, 7) is 3.19. The van der Waals surface area contributed by atoms with Crippen LogP contribution in [0.4, 0.5) is 0 Å². The van der Waals surface area contributed by atoms with Gasteiger partial charge in [-0.2, -0.15) is 0 Å². The molecule has 1 aliphatic carbocycles. The second kappa shape index (κ2) is 6.75. The summed E-state index contributed by atoms with van der Waals surface area (Å²) in [6.07, 6.45) is 3.71. The first kappa shape index (κ1) is 14.1. The molecule has 2 heteroatoms. The zero-order valence-corrected chi connectivity index (χ0v) is 11.6. The minimum absolute atomic E-state index is 0.140. The van der Waals surface area contributed by atoms with Gasteiger partial charge in [-0.3, -0.25) is 0 Å². The Morgan fingerprint density at radius 1 is 1.37 bits per heavy atom. The summed E-state index contributed by atoms with van der Waals surface area (Å²) in [7, 11) is 0. The molecule has 0 saturated heterocycles. The normalized spacial score (nSPS) is 25.9. The molecule has 1 aliphatic rings. The van der Waals surface area contributed by atoms with Crippen molar-refractivity contribution in [2.45, 2.75) is 44.8 Å². The van der Waals surface area contributed by atoms with Gasteiger partial charge in [-0.15, -0.1) is 5.92 Å². The second-order valence-electron chi connectivity index (χ2n) is 5.41. The van der Waals surface area contributed by atoms with E-state index in [1.807, 2.05) is 25.1 Å². The van der Waals surface area contributed by atoms with E-state index in [2.05, 4.69) is 24.0 Å². The molecule has 1 saturated carbocycles. The van der Waals surface area contributed by atoms with Gasteiger partial charge in [-0.1, -0.05) is 36.3 Å². The molecule has 2 atom stereocenters. The molecule has 0 unspecified atom stereocenters. The molecule has 1 aromatic carbocycles. The summed E-state index contributed by atoms with van der Waals surface area (Å²) >= 11 is 0. The van der Waals surface area contributed by atoms with Crippen LogP contribution in [0.5, 0.6) is 0 Å². The average Bonchev–Trinajstić information content (AvgIpc) is 2.74. The number of hydrogen-bond donors (Lipinski definition) is 1.